The molecule has 3 rings (SSSR count). The van der Waals surface area contributed by atoms with E-state index in [1.807, 2.05) is 4.90 Å². The largest absolute Gasteiger partial charge is 0.481 e. The molecule has 0 saturated carbocycles. The average molecular weight is 333 g/mol. The molecule has 0 aliphatic carbocycles. The molecule has 3 heterocycles. The summed E-state index contributed by atoms with van der Waals surface area (Å²) in [6.07, 6.45) is 3.42. The highest BCUT2D eigenvalue weighted by Gasteiger charge is 2.32. The Morgan fingerprint density at radius 2 is 1.92 bits per heavy atom. The number of nitrogens with one attached hydrogen (secondary N) is 1. The number of nitrogens with zero attached hydrogens (tertiary/aromatic N) is 4. The zero-order valence-electron chi connectivity index (χ0n) is 14.7. The van der Waals surface area contributed by atoms with Crippen LogP contribution in [-0.4, -0.2) is 66.1 Å². The number of methoxy groups -OCH3 is 1. The Bertz CT molecular complexity index is 564. The predicted molar refractivity (Wildman–Crippen MR) is 92.2 cm³/mol. The van der Waals surface area contributed by atoms with Gasteiger partial charge in [0.25, 0.3) is 0 Å². The lowest BCUT2D eigenvalue weighted by molar-refractivity contribution is -0.138. The Balaban J connectivity index is 1.57. The third-order valence-electron chi connectivity index (χ3n) is 4.82. The van der Waals surface area contributed by atoms with Crippen LogP contribution in [0, 0.1) is 5.92 Å². The van der Waals surface area contributed by atoms with E-state index in [1.165, 1.54) is 0 Å². The van der Waals surface area contributed by atoms with Gasteiger partial charge in [0.15, 0.2) is 0 Å². The number of piperazine rings is 1. The molecule has 7 heteroatoms. The van der Waals surface area contributed by atoms with E-state index in [4.69, 9.17) is 4.74 Å². The number of aromatic nitrogens is 2. The van der Waals surface area contributed by atoms with Gasteiger partial charge in [-0.15, -0.1) is 0 Å². The normalized spacial score (nSPS) is 25.6. The van der Waals surface area contributed by atoms with Crippen molar-refractivity contribution in [2.75, 3.05) is 38.2 Å². The number of ether oxygens (including phenoxy) is 1. The molecule has 2 atom stereocenters. The second-order valence-corrected chi connectivity index (χ2v) is 6.87. The van der Waals surface area contributed by atoms with Crippen LogP contribution in [0.4, 0.5) is 5.95 Å². The van der Waals surface area contributed by atoms with Crippen LogP contribution in [0.15, 0.2) is 12.3 Å². The van der Waals surface area contributed by atoms with Gasteiger partial charge in [-0.2, -0.15) is 4.98 Å². The Hall–Kier alpha value is -1.89. The first kappa shape index (κ1) is 17.0. The van der Waals surface area contributed by atoms with Crippen molar-refractivity contribution < 1.29 is 9.53 Å². The van der Waals surface area contributed by atoms with Crippen LogP contribution in [0.2, 0.25) is 0 Å². The van der Waals surface area contributed by atoms with E-state index < -0.39 is 0 Å². The summed E-state index contributed by atoms with van der Waals surface area (Å²) in [5.74, 6) is 1.68. The molecule has 1 aromatic rings. The monoisotopic (exact) mass is 333 g/mol. The first-order chi connectivity index (χ1) is 11.6. The molecule has 1 amide bonds. The number of anilines is 1. The second kappa shape index (κ2) is 7.34. The van der Waals surface area contributed by atoms with Crippen LogP contribution in [0.5, 0.6) is 5.88 Å². The number of amides is 1. The van der Waals surface area contributed by atoms with Gasteiger partial charge in [-0.3, -0.25) is 4.79 Å². The van der Waals surface area contributed by atoms with Crippen LogP contribution in [0.1, 0.15) is 26.7 Å². The van der Waals surface area contributed by atoms with Crippen molar-refractivity contribution in [1.29, 1.82) is 0 Å². The van der Waals surface area contributed by atoms with Gasteiger partial charge in [-0.05, 0) is 26.7 Å². The quantitative estimate of drug-likeness (QED) is 0.887. The van der Waals surface area contributed by atoms with Crippen LogP contribution in [0.3, 0.4) is 0 Å². The summed E-state index contributed by atoms with van der Waals surface area (Å²) in [6, 6.07) is 2.47. The molecule has 2 aliphatic heterocycles. The lowest BCUT2D eigenvalue weighted by atomic mass is 9.94. The van der Waals surface area contributed by atoms with Gasteiger partial charge in [-0.25, -0.2) is 4.98 Å². The average Bonchev–Trinajstić information content (AvgIpc) is 2.60. The fraction of sp³-hybridized carbons (Fsp3) is 0.706. The first-order valence-corrected chi connectivity index (χ1v) is 8.73. The minimum Gasteiger partial charge on any atom is -0.481 e. The molecule has 0 spiro atoms. The van der Waals surface area contributed by atoms with Gasteiger partial charge in [0.05, 0.1) is 7.11 Å². The van der Waals surface area contributed by atoms with E-state index in [0.717, 1.165) is 39.0 Å². The fourth-order valence-electron chi connectivity index (χ4n) is 3.69. The molecule has 24 heavy (non-hydrogen) atoms. The summed E-state index contributed by atoms with van der Waals surface area (Å²) < 4.78 is 5.16. The highest BCUT2D eigenvalue weighted by molar-refractivity contribution is 5.79. The SMILES string of the molecule is COc1ccnc(N2CCC(C(=O)N3C[C@@H](C)N[C@@H](C)C3)CC2)n1. The highest BCUT2D eigenvalue weighted by atomic mass is 16.5. The summed E-state index contributed by atoms with van der Waals surface area (Å²) in [6.45, 7) is 7.50. The summed E-state index contributed by atoms with van der Waals surface area (Å²) in [7, 11) is 1.60. The molecule has 2 fully saturated rings. The maximum Gasteiger partial charge on any atom is 0.228 e. The highest BCUT2D eigenvalue weighted by Crippen LogP contribution is 2.24. The molecule has 0 radical (unpaired) electrons. The van der Waals surface area contributed by atoms with Gasteiger partial charge in [0.2, 0.25) is 17.7 Å². The van der Waals surface area contributed by atoms with Crippen LogP contribution in [0.25, 0.3) is 0 Å². The Labute approximate surface area is 143 Å². The molecule has 1 N–H and O–H groups in total. The summed E-state index contributed by atoms with van der Waals surface area (Å²) in [5.41, 5.74) is 0. The number of carbonyl (C=O) groups is 1. The van der Waals surface area contributed by atoms with E-state index in [1.54, 1.807) is 19.4 Å². The van der Waals surface area contributed by atoms with Gasteiger partial charge >= 0.3 is 0 Å². The summed E-state index contributed by atoms with van der Waals surface area (Å²) in [4.78, 5) is 25.7. The zero-order valence-corrected chi connectivity index (χ0v) is 14.7. The zero-order chi connectivity index (χ0) is 17.1. The van der Waals surface area contributed by atoms with Gasteiger partial charge < -0.3 is 19.9 Å². The number of piperidine rings is 1. The summed E-state index contributed by atoms with van der Waals surface area (Å²) in [5, 5.41) is 3.48. The van der Waals surface area contributed by atoms with Gasteiger partial charge in [0, 0.05) is 56.4 Å². The molecular weight excluding hydrogens is 306 g/mol. The molecule has 0 aromatic carbocycles. The van der Waals surface area contributed by atoms with Crippen molar-refractivity contribution in [2.45, 2.75) is 38.8 Å². The van der Waals surface area contributed by atoms with Crippen LogP contribution >= 0.6 is 0 Å². The number of hydrogen-bond acceptors (Lipinski definition) is 6. The van der Waals surface area contributed by atoms with Crippen molar-refractivity contribution in [2.24, 2.45) is 5.92 Å². The minimum absolute atomic E-state index is 0.115. The van der Waals surface area contributed by atoms with Crippen molar-refractivity contribution in [3.8, 4) is 5.88 Å². The first-order valence-electron chi connectivity index (χ1n) is 8.73. The van der Waals surface area contributed by atoms with E-state index in [2.05, 4.69) is 34.0 Å². The van der Waals surface area contributed by atoms with E-state index in [9.17, 15) is 4.79 Å². The van der Waals surface area contributed by atoms with Crippen molar-refractivity contribution >= 4 is 11.9 Å². The lowest BCUT2D eigenvalue weighted by Gasteiger charge is -2.39. The maximum absolute atomic E-state index is 12.8. The maximum atomic E-state index is 12.8. The molecule has 0 unspecified atom stereocenters. The Morgan fingerprint density at radius 1 is 1.25 bits per heavy atom. The second-order valence-electron chi connectivity index (χ2n) is 6.87. The predicted octanol–water partition coefficient (Wildman–Crippen LogP) is 0.910. The number of hydrogen-bond donors (Lipinski definition) is 1. The molecule has 2 saturated heterocycles. The fourth-order valence-corrected chi connectivity index (χ4v) is 3.69. The molecule has 132 valence electrons. The van der Waals surface area contributed by atoms with E-state index in [0.29, 0.717) is 29.8 Å². The molecule has 1 aromatic heterocycles. The van der Waals surface area contributed by atoms with E-state index in [-0.39, 0.29) is 5.92 Å². The number of carbonyl (C=O) groups excluding carboxylic acids is 1. The third-order valence-corrected chi connectivity index (χ3v) is 4.82. The molecule has 7 nitrogen and oxygen atoms in total. The van der Waals surface area contributed by atoms with Gasteiger partial charge in [-0.1, -0.05) is 0 Å². The molecule has 0 bridgehead atoms. The van der Waals surface area contributed by atoms with Crippen LogP contribution in [-0.2, 0) is 4.79 Å². The van der Waals surface area contributed by atoms with E-state index >= 15 is 0 Å². The van der Waals surface area contributed by atoms with Crippen molar-refractivity contribution in [3.05, 3.63) is 12.3 Å². The smallest absolute Gasteiger partial charge is 0.228 e. The molecular formula is C17H27N5O2. The standard InChI is InChI=1S/C17H27N5O2/c1-12-10-22(11-13(2)19-12)16(23)14-5-8-21(9-6-14)17-18-7-4-15(20-17)24-3/h4,7,12-14,19H,5-6,8-11H2,1-3H3/t12-,13+. The molecule has 2 aliphatic rings. The Kier molecular flexibility index (Phi) is 5.18. The van der Waals surface area contributed by atoms with Crippen molar-refractivity contribution in [1.82, 2.24) is 20.2 Å². The minimum atomic E-state index is 0.115. The van der Waals surface area contributed by atoms with Crippen LogP contribution < -0.4 is 15.0 Å². The lowest BCUT2D eigenvalue weighted by Crippen LogP contribution is -2.57. The Morgan fingerprint density at radius 3 is 2.54 bits per heavy atom. The van der Waals surface area contributed by atoms with Crippen molar-refractivity contribution in [3.63, 3.8) is 0 Å². The number of rotatable bonds is 3. The van der Waals surface area contributed by atoms with Gasteiger partial charge in [0.1, 0.15) is 0 Å². The summed E-state index contributed by atoms with van der Waals surface area (Å²) >= 11 is 0. The topological polar surface area (TPSA) is 70.6 Å². The third kappa shape index (κ3) is 3.77.